The van der Waals surface area contributed by atoms with Crippen molar-refractivity contribution in [2.45, 2.75) is 95.4 Å². The molecule has 2 aliphatic rings. The van der Waals surface area contributed by atoms with E-state index in [0.29, 0.717) is 45.2 Å². The number of likely N-dealkylation sites (tertiary alicyclic amines) is 1. The number of rotatable bonds is 15. The van der Waals surface area contributed by atoms with E-state index in [9.17, 15) is 33.9 Å². The molecule has 0 aromatic heterocycles. The molecule has 39 heavy (non-hydrogen) atoms. The molecule has 5 amide bonds. The third-order valence-corrected chi connectivity index (χ3v) is 7.04. The summed E-state index contributed by atoms with van der Waals surface area (Å²) in [5, 5.41) is 20.4. The minimum Gasteiger partial charge on any atom is -0.480 e. The van der Waals surface area contributed by atoms with Crippen molar-refractivity contribution in [1.29, 1.82) is 0 Å². The third kappa shape index (κ3) is 9.46. The molecule has 2 fully saturated rings. The topological polar surface area (TPSA) is 226 Å². The fourth-order valence-electron chi connectivity index (χ4n) is 4.88. The Bertz CT molecular complexity index is 907. The summed E-state index contributed by atoms with van der Waals surface area (Å²) in [6, 6.07) is -4.87. The lowest BCUT2D eigenvalue weighted by molar-refractivity contribution is -0.149. The van der Waals surface area contributed by atoms with Gasteiger partial charge in [-0.1, -0.05) is 13.8 Å². The first-order chi connectivity index (χ1) is 18.5. The number of carboxylic acids is 1. The summed E-state index contributed by atoms with van der Waals surface area (Å²) < 4.78 is 0. The van der Waals surface area contributed by atoms with Crippen LogP contribution in [0.3, 0.4) is 0 Å². The number of nitrogens with one attached hydrogen (secondary N) is 4. The van der Waals surface area contributed by atoms with E-state index < -0.39 is 66.2 Å². The second kappa shape index (κ2) is 15.4. The Morgan fingerprint density at radius 1 is 0.974 bits per heavy atom. The Kier molecular flexibility index (Phi) is 12.6. The van der Waals surface area contributed by atoms with E-state index >= 15 is 0 Å². The summed E-state index contributed by atoms with van der Waals surface area (Å²) >= 11 is 0. The Morgan fingerprint density at radius 2 is 1.67 bits per heavy atom. The first kappa shape index (κ1) is 32.0. The van der Waals surface area contributed by atoms with Crippen molar-refractivity contribution in [3.8, 4) is 0 Å². The van der Waals surface area contributed by atoms with Crippen molar-refractivity contribution >= 4 is 35.5 Å². The maximum atomic E-state index is 13.3. The highest BCUT2D eigenvalue weighted by atomic mass is 16.4. The van der Waals surface area contributed by atoms with Crippen LogP contribution in [0.2, 0.25) is 0 Å². The van der Waals surface area contributed by atoms with E-state index in [1.165, 1.54) is 4.90 Å². The molecule has 5 atom stereocenters. The molecule has 0 radical (unpaired) electrons. The predicted octanol–water partition coefficient (Wildman–Crippen LogP) is -2.07. The fraction of sp³-hybridized carbons (Fsp3) is 0.760. The average Bonchev–Trinajstić information content (AvgIpc) is 3.58. The molecule has 0 aromatic rings. The summed E-state index contributed by atoms with van der Waals surface area (Å²) in [4.78, 5) is 76.9. The largest absolute Gasteiger partial charge is 0.480 e. The van der Waals surface area contributed by atoms with Gasteiger partial charge in [-0.3, -0.25) is 24.0 Å². The van der Waals surface area contributed by atoms with Crippen LogP contribution in [0, 0.1) is 5.92 Å². The number of hydrogen-bond donors (Lipinski definition) is 7. The lowest BCUT2D eigenvalue weighted by Crippen LogP contribution is -2.59. The molecule has 0 bridgehead atoms. The Labute approximate surface area is 228 Å². The van der Waals surface area contributed by atoms with Gasteiger partial charge in [-0.15, -0.1) is 0 Å². The molecule has 0 saturated carbocycles. The zero-order valence-corrected chi connectivity index (χ0v) is 22.7. The van der Waals surface area contributed by atoms with E-state index in [0.717, 1.165) is 6.42 Å². The molecular weight excluding hydrogens is 510 g/mol. The van der Waals surface area contributed by atoms with Crippen LogP contribution in [0.4, 0.5) is 0 Å². The molecule has 2 saturated heterocycles. The van der Waals surface area contributed by atoms with Crippen LogP contribution in [-0.4, -0.2) is 95.4 Å². The van der Waals surface area contributed by atoms with E-state index in [1.807, 2.05) is 0 Å². The SMILES string of the molecule is CC(C)[C@H](NC(=O)[C@@H]1CCCN1)C(=O)N[C@@H](CC(N)=O)C(=O)N[C@@H](CCCCN)C(=O)N1CCC[C@H]1C(=O)O. The van der Waals surface area contributed by atoms with Crippen LogP contribution in [-0.2, 0) is 28.8 Å². The Balaban J connectivity index is 2.17. The number of carbonyl (C=O) groups excluding carboxylic acids is 5. The maximum Gasteiger partial charge on any atom is 0.326 e. The number of unbranched alkanes of at least 4 members (excludes halogenated alkanes) is 1. The molecule has 2 heterocycles. The number of amides is 5. The normalized spacial score (nSPS) is 21.2. The summed E-state index contributed by atoms with van der Waals surface area (Å²) in [7, 11) is 0. The second-order valence-corrected chi connectivity index (χ2v) is 10.5. The van der Waals surface area contributed by atoms with Crippen LogP contribution >= 0.6 is 0 Å². The first-order valence-corrected chi connectivity index (χ1v) is 13.6. The van der Waals surface area contributed by atoms with E-state index in [4.69, 9.17) is 11.5 Å². The highest BCUT2D eigenvalue weighted by Gasteiger charge is 2.39. The van der Waals surface area contributed by atoms with Gasteiger partial charge >= 0.3 is 5.97 Å². The van der Waals surface area contributed by atoms with Gasteiger partial charge < -0.3 is 42.7 Å². The molecule has 9 N–H and O–H groups in total. The van der Waals surface area contributed by atoms with Gasteiger partial charge in [0.2, 0.25) is 29.5 Å². The molecule has 14 heteroatoms. The van der Waals surface area contributed by atoms with Crippen LogP contribution in [0.25, 0.3) is 0 Å². The van der Waals surface area contributed by atoms with Gasteiger partial charge in [0.1, 0.15) is 24.2 Å². The monoisotopic (exact) mass is 553 g/mol. The zero-order chi connectivity index (χ0) is 29.1. The van der Waals surface area contributed by atoms with Gasteiger partial charge in [0, 0.05) is 6.54 Å². The lowest BCUT2D eigenvalue weighted by Gasteiger charge is -2.29. The Hall–Kier alpha value is -3.26. The number of hydrogen-bond acceptors (Lipinski definition) is 8. The highest BCUT2D eigenvalue weighted by Crippen LogP contribution is 2.20. The van der Waals surface area contributed by atoms with Gasteiger partial charge in [-0.25, -0.2) is 4.79 Å². The Morgan fingerprint density at radius 3 is 2.23 bits per heavy atom. The van der Waals surface area contributed by atoms with Crippen molar-refractivity contribution in [3.05, 3.63) is 0 Å². The van der Waals surface area contributed by atoms with Crippen LogP contribution in [0.1, 0.15) is 65.2 Å². The quantitative estimate of drug-likeness (QED) is 0.110. The summed E-state index contributed by atoms with van der Waals surface area (Å²) in [5.74, 6) is -4.68. The molecule has 2 rings (SSSR count). The number of carbonyl (C=O) groups is 6. The summed E-state index contributed by atoms with van der Waals surface area (Å²) in [5.41, 5.74) is 10.9. The number of carboxylic acid groups (broad SMARTS) is 1. The smallest absolute Gasteiger partial charge is 0.326 e. The molecule has 0 aromatic carbocycles. The highest BCUT2D eigenvalue weighted by molar-refractivity contribution is 5.97. The summed E-state index contributed by atoms with van der Waals surface area (Å²) in [6.07, 6.45) is 3.04. The molecule has 0 aliphatic carbocycles. The standard InChI is InChI=1S/C25H43N7O7/c1-14(2)20(31-21(34)15-8-5-11-28-15)23(36)30-17(13-19(27)33)22(35)29-16(7-3-4-10-26)24(37)32-12-6-9-18(32)25(38)39/h14-18,20,28H,3-13,26H2,1-2H3,(H2,27,33)(H,29,35)(H,30,36)(H,31,34)(H,38,39)/t15-,16-,17-,18-,20-/m0/s1. The maximum absolute atomic E-state index is 13.3. The van der Waals surface area contributed by atoms with Crippen molar-refractivity contribution in [2.24, 2.45) is 17.4 Å². The molecule has 220 valence electrons. The number of aliphatic carboxylic acids is 1. The van der Waals surface area contributed by atoms with Crippen LogP contribution < -0.4 is 32.7 Å². The molecule has 0 spiro atoms. The van der Waals surface area contributed by atoms with Gasteiger partial charge in [0.05, 0.1) is 12.5 Å². The lowest BCUT2D eigenvalue weighted by atomic mass is 10.0. The van der Waals surface area contributed by atoms with Crippen molar-refractivity contribution in [3.63, 3.8) is 0 Å². The van der Waals surface area contributed by atoms with Crippen molar-refractivity contribution in [1.82, 2.24) is 26.2 Å². The first-order valence-electron chi connectivity index (χ1n) is 13.6. The third-order valence-electron chi connectivity index (χ3n) is 7.04. The van der Waals surface area contributed by atoms with Crippen molar-refractivity contribution in [2.75, 3.05) is 19.6 Å². The molecule has 0 unspecified atom stereocenters. The zero-order valence-electron chi connectivity index (χ0n) is 22.7. The molecule has 2 aliphatic heterocycles. The number of nitrogens with zero attached hydrogens (tertiary/aromatic N) is 1. The second-order valence-electron chi connectivity index (χ2n) is 10.5. The molecular formula is C25H43N7O7. The average molecular weight is 554 g/mol. The van der Waals surface area contributed by atoms with E-state index in [1.54, 1.807) is 13.8 Å². The van der Waals surface area contributed by atoms with Gasteiger partial charge in [-0.05, 0) is 64.0 Å². The van der Waals surface area contributed by atoms with Gasteiger partial charge in [0.25, 0.3) is 0 Å². The fourth-order valence-corrected chi connectivity index (χ4v) is 4.88. The molecule has 14 nitrogen and oxygen atoms in total. The number of primary amides is 1. The van der Waals surface area contributed by atoms with Crippen LogP contribution in [0.5, 0.6) is 0 Å². The minimum atomic E-state index is -1.41. The minimum absolute atomic E-state index is 0.195. The predicted molar refractivity (Wildman–Crippen MR) is 141 cm³/mol. The van der Waals surface area contributed by atoms with E-state index in [-0.39, 0.29) is 24.8 Å². The van der Waals surface area contributed by atoms with E-state index in [2.05, 4.69) is 21.3 Å². The van der Waals surface area contributed by atoms with Crippen LogP contribution in [0.15, 0.2) is 0 Å². The van der Waals surface area contributed by atoms with Gasteiger partial charge in [-0.2, -0.15) is 0 Å². The number of nitrogens with two attached hydrogens (primary N) is 2. The summed E-state index contributed by atoms with van der Waals surface area (Å²) in [6.45, 7) is 4.78. The van der Waals surface area contributed by atoms with Crippen molar-refractivity contribution < 1.29 is 33.9 Å². The van der Waals surface area contributed by atoms with Gasteiger partial charge in [0.15, 0.2) is 0 Å².